The van der Waals surface area contributed by atoms with Gasteiger partial charge in [-0.3, -0.25) is 4.90 Å². The van der Waals surface area contributed by atoms with E-state index in [9.17, 15) is 12.8 Å². The van der Waals surface area contributed by atoms with E-state index in [0.717, 1.165) is 12.1 Å². The molecule has 0 spiro atoms. The standard InChI is InChI=1S/C18H25ClFN5O2S/c1-12(2)17(23-28(3,26)27)18-22-21-16-7-8-24(9-10-25(16)18)11-13-14(19)5-4-6-15(13)20/h4-6,12,17,23H,7-11H2,1-3H3/t17-/m0/s1. The molecular weight excluding hydrogens is 405 g/mol. The molecule has 0 bridgehead atoms. The van der Waals surface area contributed by atoms with Gasteiger partial charge in [-0.25, -0.2) is 17.5 Å². The van der Waals surface area contributed by atoms with Crippen LogP contribution in [0.4, 0.5) is 4.39 Å². The molecule has 1 aromatic carbocycles. The van der Waals surface area contributed by atoms with Crippen LogP contribution in [-0.2, 0) is 29.5 Å². The Morgan fingerprint density at radius 2 is 2.00 bits per heavy atom. The lowest BCUT2D eigenvalue weighted by Crippen LogP contribution is -2.33. The van der Waals surface area contributed by atoms with Gasteiger partial charge in [-0.1, -0.05) is 31.5 Å². The molecule has 0 amide bonds. The van der Waals surface area contributed by atoms with Crippen molar-refractivity contribution in [2.75, 3.05) is 19.3 Å². The van der Waals surface area contributed by atoms with Gasteiger partial charge < -0.3 is 4.57 Å². The SMILES string of the molecule is CC(C)[C@H](NS(C)(=O)=O)c1nnc2n1CCN(Cc1c(F)cccc1Cl)CC2. The molecule has 0 saturated carbocycles. The second-order valence-electron chi connectivity index (χ2n) is 7.46. The predicted molar refractivity (Wildman–Crippen MR) is 106 cm³/mol. The van der Waals surface area contributed by atoms with Crippen LogP contribution < -0.4 is 4.72 Å². The van der Waals surface area contributed by atoms with Crippen LogP contribution in [0.15, 0.2) is 18.2 Å². The van der Waals surface area contributed by atoms with Crippen molar-refractivity contribution in [3.05, 3.63) is 46.3 Å². The van der Waals surface area contributed by atoms with Gasteiger partial charge in [0, 0.05) is 43.2 Å². The van der Waals surface area contributed by atoms with E-state index in [1.165, 1.54) is 6.07 Å². The Morgan fingerprint density at radius 3 is 2.64 bits per heavy atom. The number of fused-ring (bicyclic) bond motifs is 1. The zero-order chi connectivity index (χ0) is 20.5. The summed E-state index contributed by atoms with van der Waals surface area (Å²) in [6, 6.07) is 4.24. The second-order valence-corrected chi connectivity index (χ2v) is 9.65. The molecule has 0 radical (unpaired) electrons. The predicted octanol–water partition coefficient (Wildman–Crippen LogP) is 2.38. The quantitative estimate of drug-likeness (QED) is 0.762. The first-order chi connectivity index (χ1) is 13.2. The monoisotopic (exact) mass is 429 g/mol. The zero-order valence-electron chi connectivity index (χ0n) is 16.2. The van der Waals surface area contributed by atoms with Gasteiger partial charge in [0.05, 0.1) is 12.3 Å². The van der Waals surface area contributed by atoms with Crippen LogP contribution in [0, 0.1) is 11.7 Å². The fourth-order valence-electron chi connectivity index (χ4n) is 3.40. The molecule has 1 aliphatic rings. The van der Waals surface area contributed by atoms with E-state index in [-0.39, 0.29) is 11.7 Å². The number of aromatic nitrogens is 3. The van der Waals surface area contributed by atoms with Gasteiger partial charge in [0.25, 0.3) is 0 Å². The van der Waals surface area contributed by atoms with E-state index >= 15 is 0 Å². The molecule has 2 heterocycles. The van der Waals surface area contributed by atoms with Crippen molar-refractivity contribution < 1.29 is 12.8 Å². The highest BCUT2D eigenvalue weighted by Gasteiger charge is 2.28. The Morgan fingerprint density at radius 1 is 1.25 bits per heavy atom. The minimum absolute atomic E-state index is 0.0135. The zero-order valence-corrected chi connectivity index (χ0v) is 17.8. The molecule has 28 heavy (non-hydrogen) atoms. The summed E-state index contributed by atoms with van der Waals surface area (Å²) in [5, 5.41) is 8.96. The molecule has 0 saturated heterocycles. The van der Waals surface area contributed by atoms with Crippen molar-refractivity contribution in [1.82, 2.24) is 24.4 Å². The van der Waals surface area contributed by atoms with Crippen LogP contribution in [0.1, 0.15) is 37.1 Å². The molecular formula is C18H25ClFN5O2S. The molecule has 1 atom stereocenters. The molecule has 10 heteroatoms. The number of nitrogens with one attached hydrogen (secondary N) is 1. The molecule has 0 aliphatic carbocycles. The summed E-state index contributed by atoms with van der Waals surface area (Å²) in [5.41, 5.74) is 0.487. The first kappa shape index (κ1) is 21.2. The summed E-state index contributed by atoms with van der Waals surface area (Å²) in [4.78, 5) is 2.12. The van der Waals surface area contributed by atoms with Gasteiger partial charge >= 0.3 is 0 Å². The fraction of sp³-hybridized carbons (Fsp3) is 0.556. The summed E-state index contributed by atoms with van der Waals surface area (Å²) in [6.45, 7) is 6.23. The smallest absolute Gasteiger partial charge is 0.209 e. The molecule has 3 rings (SSSR count). The molecule has 7 nitrogen and oxygen atoms in total. The Kier molecular flexibility index (Phi) is 6.38. The van der Waals surface area contributed by atoms with Crippen molar-refractivity contribution in [3.8, 4) is 0 Å². The van der Waals surface area contributed by atoms with Crippen LogP contribution in [0.3, 0.4) is 0 Å². The lowest BCUT2D eigenvalue weighted by atomic mass is 10.1. The number of halogens is 2. The average Bonchev–Trinajstić information content (AvgIpc) is 2.89. The Hall–Kier alpha value is -1.55. The Labute approximate surface area is 169 Å². The second kappa shape index (κ2) is 8.44. The summed E-state index contributed by atoms with van der Waals surface area (Å²) in [6.07, 6.45) is 1.78. The molecule has 154 valence electrons. The van der Waals surface area contributed by atoms with Crippen LogP contribution in [0.25, 0.3) is 0 Å². The van der Waals surface area contributed by atoms with Crippen LogP contribution >= 0.6 is 11.6 Å². The van der Waals surface area contributed by atoms with Crippen molar-refractivity contribution in [2.45, 2.75) is 39.4 Å². The van der Waals surface area contributed by atoms with Gasteiger partial charge in [-0.05, 0) is 18.1 Å². The molecule has 0 unspecified atom stereocenters. The van der Waals surface area contributed by atoms with Gasteiger partial charge in [0.1, 0.15) is 11.6 Å². The van der Waals surface area contributed by atoms with Crippen LogP contribution in [0.2, 0.25) is 5.02 Å². The number of rotatable bonds is 6. The van der Waals surface area contributed by atoms with Gasteiger partial charge in [0.2, 0.25) is 10.0 Å². The maximum atomic E-state index is 14.1. The third-order valence-electron chi connectivity index (χ3n) is 4.88. The van der Waals surface area contributed by atoms with Gasteiger partial charge in [0.15, 0.2) is 5.82 Å². The van der Waals surface area contributed by atoms with Crippen LogP contribution in [-0.4, -0.2) is 47.4 Å². The minimum Gasteiger partial charge on any atom is -0.312 e. The fourth-order valence-corrected chi connectivity index (χ4v) is 4.46. The first-order valence-corrected chi connectivity index (χ1v) is 11.5. The third-order valence-corrected chi connectivity index (χ3v) is 5.91. The molecule has 1 aromatic heterocycles. The molecule has 2 aromatic rings. The third kappa shape index (κ3) is 4.89. The van der Waals surface area contributed by atoms with Crippen molar-refractivity contribution in [3.63, 3.8) is 0 Å². The number of hydrogen-bond donors (Lipinski definition) is 1. The van der Waals surface area contributed by atoms with Crippen LogP contribution in [0.5, 0.6) is 0 Å². The lowest BCUT2D eigenvalue weighted by molar-refractivity contribution is 0.265. The van der Waals surface area contributed by atoms with Gasteiger partial charge in [-0.15, -0.1) is 10.2 Å². The maximum Gasteiger partial charge on any atom is 0.209 e. The maximum absolute atomic E-state index is 14.1. The van der Waals surface area contributed by atoms with Crippen molar-refractivity contribution in [2.24, 2.45) is 5.92 Å². The van der Waals surface area contributed by atoms with Crippen molar-refractivity contribution in [1.29, 1.82) is 0 Å². The highest BCUT2D eigenvalue weighted by molar-refractivity contribution is 7.88. The summed E-state index contributed by atoms with van der Waals surface area (Å²) >= 11 is 6.16. The summed E-state index contributed by atoms with van der Waals surface area (Å²) in [5.74, 6) is 1.12. The van der Waals surface area contributed by atoms with E-state index in [2.05, 4.69) is 19.8 Å². The van der Waals surface area contributed by atoms with E-state index in [1.807, 2.05) is 18.4 Å². The topological polar surface area (TPSA) is 80.1 Å². The van der Waals surface area contributed by atoms with E-state index in [4.69, 9.17) is 11.6 Å². The minimum atomic E-state index is -3.39. The Balaban J connectivity index is 1.79. The number of benzene rings is 1. The Bertz CT molecular complexity index is 927. The summed E-state index contributed by atoms with van der Waals surface area (Å²) in [7, 11) is -3.39. The van der Waals surface area contributed by atoms with E-state index in [0.29, 0.717) is 49.0 Å². The van der Waals surface area contributed by atoms with Gasteiger partial charge in [-0.2, -0.15) is 0 Å². The molecule has 1 N–H and O–H groups in total. The van der Waals surface area contributed by atoms with E-state index in [1.54, 1.807) is 12.1 Å². The largest absolute Gasteiger partial charge is 0.312 e. The highest BCUT2D eigenvalue weighted by atomic mass is 35.5. The molecule has 1 aliphatic heterocycles. The lowest BCUT2D eigenvalue weighted by Gasteiger charge is -2.23. The first-order valence-electron chi connectivity index (χ1n) is 9.20. The number of sulfonamides is 1. The average molecular weight is 430 g/mol. The normalized spacial score (nSPS) is 16.8. The number of nitrogens with zero attached hydrogens (tertiary/aromatic N) is 4. The van der Waals surface area contributed by atoms with Crippen molar-refractivity contribution >= 4 is 21.6 Å². The summed E-state index contributed by atoms with van der Waals surface area (Å²) < 4.78 is 42.3. The van der Waals surface area contributed by atoms with E-state index < -0.39 is 16.1 Å². The number of hydrogen-bond acceptors (Lipinski definition) is 5. The molecule has 0 fully saturated rings. The highest BCUT2D eigenvalue weighted by Crippen LogP contribution is 2.25.